The van der Waals surface area contributed by atoms with Gasteiger partial charge in [0.1, 0.15) is 5.69 Å². The van der Waals surface area contributed by atoms with Crippen LogP contribution in [0.2, 0.25) is 0 Å². The smallest absolute Gasteiger partial charge is 0.188 e. The molecule has 0 radical (unpaired) electrons. The molecule has 0 saturated carbocycles. The van der Waals surface area contributed by atoms with Crippen LogP contribution in [-0.2, 0) is 6.42 Å². The molecule has 70 valence electrons. The van der Waals surface area contributed by atoms with Gasteiger partial charge in [0.05, 0.1) is 0 Å². The zero-order valence-electron chi connectivity index (χ0n) is 7.78. The van der Waals surface area contributed by atoms with Gasteiger partial charge >= 0.3 is 0 Å². The first-order chi connectivity index (χ1) is 6.19. The molecular weight excluding hydrogens is 166 g/mol. The minimum atomic E-state index is 0.0470. The number of hydrogen-bond acceptors (Lipinski definition) is 3. The Hall–Kier alpha value is -1.58. The molecule has 0 bridgehead atoms. The molecule has 0 unspecified atom stereocenters. The van der Waals surface area contributed by atoms with Crippen LogP contribution in [0.15, 0.2) is 17.3 Å². The fourth-order valence-corrected chi connectivity index (χ4v) is 1.16. The van der Waals surface area contributed by atoms with Crippen molar-refractivity contribution in [1.29, 1.82) is 0 Å². The lowest BCUT2D eigenvalue weighted by Gasteiger charge is -2.03. The Balaban J connectivity index is 3.10. The van der Waals surface area contributed by atoms with Gasteiger partial charge in [0.2, 0.25) is 0 Å². The minimum absolute atomic E-state index is 0.0470. The van der Waals surface area contributed by atoms with Crippen LogP contribution < -0.4 is 5.73 Å². The van der Waals surface area contributed by atoms with Crippen molar-refractivity contribution < 1.29 is 5.21 Å². The fraction of sp³-hybridized carbons (Fsp3) is 0.333. The Kier molecular flexibility index (Phi) is 2.84. The van der Waals surface area contributed by atoms with Crippen molar-refractivity contribution >= 4 is 5.84 Å². The summed E-state index contributed by atoms with van der Waals surface area (Å²) in [4.78, 5) is 4.20. The summed E-state index contributed by atoms with van der Waals surface area (Å²) in [6, 6.07) is 3.69. The van der Waals surface area contributed by atoms with E-state index in [1.807, 2.05) is 13.0 Å². The summed E-state index contributed by atoms with van der Waals surface area (Å²) < 4.78 is 0. The van der Waals surface area contributed by atoms with Crippen molar-refractivity contribution in [3.8, 4) is 0 Å². The van der Waals surface area contributed by atoms with Crippen molar-refractivity contribution in [1.82, 2.24) is 4.98 Å². The van der Waals surface area contributed by atoms with Crippen LogP contribution in [-0.4, -0.2) is 16.0 Å². The first-order valence-electron chi connectivity index (χ1n) is 4.13. The maximum atomic E-state index is 8.43. The SMILES string of the molecule is CCc1ccc(/C(N)=N/O)nc1C. The van der Waals surface area contributed by atoms with Gasteiger partial charge in [-0.3, -0.25) is 0 Å². The predicted molar refractivity (Wildman–Crippen MR) is 50.9 cm³/mol. The number of nitrogens with two attached hydrogens (primary N) is 1. The fourth-order valence-electron chi connectivity index (χ4n) is 1.16. The summed E-state index contributed by atoms with van der Waals surface area (Å²) in [5, 5.41) is 11.3. The Morgan fingerprint density at radius 3 is 2.77 bits per heavy atom. The van der Waals surface area contributed by atoms with E-state index in [1.54, 1.807) is 6.07 Å². The largest absolute Gasteiger partial charge is 0.409 e. The van der Waals surface area contributed by atoms with E-state index in [1.165, 1.54) is 5.56 Å². The monoisotopic (exact) mass is 179 g/mol. The van der Waals surface area contributed by atoms with Crippen molar-refractivity contribution in [3.63, 3.8) is 0 Å². The Bertz CT molecular complexity index is 334. The molecular formula is C9H13N3O. The summed E-state index contributed by atoms with van der Waals surface area (Å²) in [5.41, 5.74) is 8.00. The average Bonchev–Trinajstić information content (AvgIpc) is 2.16. The summed E-state index contributed by atoms with van der Waals surface area (Å²) in [7, 11) is 0. The van der Waals surface area contributed by atoms with Crippen molar-refractivity contribution in [2.75, 3.05) is 0 Å². The number of nitrogens with zero attached hydrogens (tertiary/aromatic N) is 2. The molecule has 0 aliphatic carbocycles. The molecule has 4 heteroatoms. The second-order valence-electron chi connectivity index (χ2n) is 2.78. The van der Waals surface area contributed by atoms with Crippen LogP contribution in [0.4, 0.5) is 0 Å². The molecule has 0 amide bonds. The highest BCUT2D eigenvalue weighted by Gasteiger charge is 2.03. The van der Waals surface area contributed by atoms with Crippen molar-refractivity contribution in [2.45, 2.75) is 20.3 Å². The number of pyridine rings is 1. The third-order valence-corrected chi connectivity index (χ3v) is 1.95. The summed E-state index contributed by atoms with van der Waals surface area (Å²) in [5.74, 6) is 0.0470. The summed E-state index contributed by atoms with van der Waals surface area (Å²) >= 11 is 0. The van der Waals surface area contributed by atoms with E-state index in [0.717, 1.165) is 12.1 Å². The van der Waals surface area contributed by atoms with Gasteiger partial charge in [0.25, 0.3) is 0 Å². The third kappa shape index (κ3) is 1.96. The lowest BCUT2D eigenvalue weighted by atomic mass is 10.1. The molecule has 0 aromatic carbocycles. The van der Waals surface area contributed by atoms with E-state index in [9.17, 15) is 0 Å². The van der Waals surface area contributed by atoms with Crippen LogP contribution in [0.1, 0.15) is 23.9 Å². The molecule has 0 saturated heterocycles. The van der Waals surface area contributed by atoms with E-state index in [4.69, 9.17) is 10.9 Å². The summed E-state index contributed by atoms with van der Waals surface area (Å²) in [6.45, 7) is 3.97. The maximum absolute atomic E-state index is 8.43. The number of aromatic nitrogens is 1. The molecule has 1 rings (SSSR count). The first-order valence-corrected chi connectivity index (χ1v) is 4.13. The zero-order valence-corrected chi connectivity index (χ0v) is 7.78. The quantitative estimate of drug-likeness (QED) is 0.308. The standard InChI is InChI=1S/C9H13N3O/c1-3-7-4-5-8(9(10)12-13)11-6(7)2/h4-5,13H,3H2,1-2H3,(H2,10,12). The molecule has 0 aliphatic heterocycles. The topological polar surface area (TPSA) is 71.5 Å². The van der Waals surface area contributed by atoms with E-state index >= 15 is 0 Å². The van der Waals surface area contributed by atoms with Gasteiger partial charge in [0.15, 0.2) is 5.84 Å². The van der Waals surface area contributed by atoms with Crippen molar-refractivity contribution in [3.05, 3.63) is 29.1 Å². The third-order valence-electron chi connectivity index (χ3n) is 1.95. The molecule has 0 atom stereocenters. The van der Waals surface area contributed by atoms with Gasteiger partial charge in [-0.1, -0.05) is 18.1 Å². The van der Waals surface area contributed by atoms with E-state index < -0.39 is 0 Å². The molecule has 3 N–H and O–H groups in total. The van der Waals surface area contributed by atoms with Crippen LogP contribution in [0.25, 0.3) is 0 Å². The van der Waals surface area contributed by atoms with Crippen molar-refractivity contribution in [2.24, 2.45) is 10.9 Å². The Morgan fingerprint density at radius 2 is 2.31 bits per heavy atom. The Labute approximate surface area is 77.1 Å². The highest BCUT2D eigenvalue weighted by atomic mass is 16.4. The predicted octanol–water partition coefficient (Wildman–Crippen LogP) is 1.05. The minimum Gasteiger partial charge on any atom is -0.409 e. The van der Waals surface area contributed by atoms with Crippen LogP contribution in [0, 0.1) is 6.92 Å². The molecule has 4 nitrogen and oxygen atoms in total. The number of rotatable bonds is 2. The highest BCUT2D eigenvalue weighted by Crippen LogP contribution is 2.07. The number of hydrogen-bond donors (Lipinski definition) is 2. The Morgan fingerprint density at radius 1 is 1.62 bits per heavy atom. The first kappa shape index (κ1) is 9.51. The molecule has 0 spiro atoms. The van der Waals surface area contributed by atoms with Gasteiger partial charge in [-0.25, -0.2) is 4.98 Å². The molecule has 1 heterocycles. The second-order valence-corrected chi connectivity index (χ2v) is 2.78. The lowest BCUT2D eigenvalue weighted by molar-refractivity contribution is 0.318. The lowest BCUT2D eigenvalue weighted by Crippen LogP contribution is -2.15. The highest BCUT2D eigenvalue weighted by molar-refractivity contribution is 5.95. The molecule has 1 aromatic rings. The normalized spacial score (nSPS) is 11.7. The number of amidine groups is 1. The second kappa shape index (κ2) is 3.89. The van der Waals surface area contributed by atoms with Crippen LogP contribution in [0.5, 0.6) is 0 Å². The van der Waals surface area contributed by atoms with Crippen LogP contribution in [0.3, 0.4) is 0 Å². The van der Waals surface area contributed by atoms with E-state index in [-0.39, 0.29) is 5.84 Å². The summed E-state index contributed by atoms with van der Waals surface area (Å²) in [6.07, 6.45) is 0.940. The number of aryl methyl sites for hydroxylation is 2. The van der Waals surface area contributed by atoms with E-state index in [0.29, 0.717) is 5.69 Å². The van der Waals surface area contributed by atoms with Gasteiger partial charge in [-0.05, 0) is 25.0 Å². The molecule has 0 fully saturated rings. The maximum Gasteiger partial charge on any atom is 0.188 e. The zero-order chi connectivity index (χ0) is 9.84. The van der Waals surface area contributed by atoms with Gasteiger partial charge in [-0.15, -0.1) is 0 Å². The molecule has 0 aliphatic rings. The molecule has 13 heavy (non-hydrogen) atoms. The molecule has 1 aromatic heterocycles. The number of oxime groups is 1. The van der Waals surface area contributed by atoms with Gasteiger partial charge < -0.3 is 10.9 Å². The van der Waals surface area contributed by atoms with Gasteiger partial charge in [0, 0.05) is 5.69 Å². The van der Waals surface area contributed by atoms with Gasteiger partial charge in [-0.2, -0.15) is 0 Å². The average molecular weight is 179 g/mol. The van der Waals surface area contributed by atoms with E-state index in [2.05, 4.69) is 17.1 Å². The van der Waals surface area contributed by atoms with Crippen LogP contribution >= 0.6 is 0 Å².